The van der Waals surface area contributed by atoms with Crippen LogP contribution in [0.2, 0.25) is 0 Å². The molecule has 88 valence electrons. The first-order chi connectivity index (χ1) is 7.61. The molecule has 0 bridgehead atoms. The zero-order valence-corrected chi connectivity index (χ0v) is 9.21. The highest BCUT2D eigenvalue weighted by molar-refractivity contribution is 5.72. The van der Waals surface area contributed by atoms with Crippen LogP contribution in [-0.4, -0.2) is 40.7 Å². The lowest BCUT2D eigenvalue weighted by Crippen LogP contribution is -2.31. The minimum absolute atomic E-state index is 0.451. The topological polar surface area (TPSA) is 92.3 Å². The quantitative estimate of drug-likeness (QED) is 0.712. The molecule has 0 saturated heterocycles. The summed E-state index contributed by atoms with van der Waals surface area (Å²) in [5.74, 6) is -0.329. The monoisotopic (exact) mass is 224 g/mol. The third-order valence-corrected chi connectivity index (χ3v) is 2.22. The molecule has 0 aliphatic carbocycles. The van der Waals surface area contributed by atoms with Gasteiger partial charge in [0, 0.05) is 26.0 Å². The van der Waals surface area contributed by atoms with Gasteiger partial charge in [-0.05, 0) is 18.9 Å². The first-order valence-corrected chi connectivity index (χ1v) is 5.08. The number of aromatic nitrogens is 2. The van der Waals surface area contributed by atoms with Gasteiger partial charge < -0.3 is 15.7 Å². The van der Waals surface area contributed by atoms with Crippen LogP contribution in [0.15, 0.2) is 18.5 Å². The molecule has 0 unspecified atom stereocenters. The second-order valence-electron chi connectivity index (χ2n) is 3.56. The number of hydrogen-bond acceptors (Lipinski definition) is 5. The van der Waals surface area contributed by atoms with Gasteiger partial charge in [0.05, 0.1) is 0 Å². The SMILES string of the molecule is CN(CCC[C@H](N)C(=O)O)c1ncccn1. The molecule has 1 atom stereocenters. The van der Waals surface area contributed by atoms with E-state index in [1.54, 1.807) is 18.5 Å². The van der Waals surface area contributed by atoms with Crippen LogP contribution >= 0.6 is 0 Å². The molecule has 0 aliphatic heterocycles. The van der Waals surface area contributed by atoms with Gasteiger partial charge in [0.25, 0.3) is 0 Å². The van der Waals surface area contributed by atoms with Crippen molar-refractivity contribution in [1.82, 2.24) is 9.97 Å². The average molecular weight is 224 g/mol. The van der Waals surface area contributed by atoms with E-state index >= 15 is 0 Å². The number of aliphatic carboxylic acids is 1. The maximum absolute atomic E-state index is 10.5. The number of carbonyl (C=O) groups is 1. The number of nitrogens with two attached hydrogens (primary N) is 1. The van der Waals surface area contributed by atoms with Gasteiger partial charge in [-0.2, -0.15) is 0 Å². The Morgan fingerprint density at radius 1 is 1.56 bits per heavy atom. The molecule has 0 aromatic carbocycles. The van der Waals surface area contributed by atoms with E-state index in [0.29, 0.717) is 25.3 Å². The molecule has 1 heterocycles. The zero-order valence-electron chi connectivity index (χ0n) is 9.21. The van der Waals surface area contributed by atoms with Crippen molar-refractivity contribution in [3.05, 3.63) is 18.5 Å². The van der Waals surface area contributed by atoms with Crippen LogP contribution in [0.5, 0.6) is 0 Å². The normalized spacial score (nSPS) is 12.1. The molecule has 1 aromatic heterocycles. The summed E-state index contributed by atoms with van der Waals surface area (Å²) in [4.78, 5) is 20.5. The third-order valence-electron chi connectivity index (χ3n) is 2.22. The minimum Gasteiger partial charge on any atom is -0.480 e. The number of hydrogen-bond donors (Lipinski definition) is 2. The van der Waals surface area contributed by atoms with E-state index in [-0.39, 0.29) is 0 Å². The molecule has 0 saturated carbocycles. The number of nitrogens with zero attached hydrogens (tertiary/aromatic N) is 3. The standard InChI is InChI=1S/C10H16N4O2/c1-14(10-12-5-3-6-13-10)7-2-4-8(11)9(15)16/h3,5-6,8H,2,4,7,11H2,1H3,(H,15,16)/t8-/m0/s1. The molecule has 6 heteroatoms. The maximum Gasteiger partial charge on any atom is 0.320 e. The highest BCUT2D eigenvalue weighted by Gasteiger charge is 2.11. The van der Waals surface area contributed by atoms with Crippen molar-refractivity contribution in [2.75, 3.05) is 18.5 Å². The largest absolute Gasteiger partial charge is 0.480 e. The van der Waals surface area contributed by atoms with Crippen molar-refractivity contribution in [2.24, 2.45) is 5.73 Å². The third kappa shape index (κ3) is 3.82. The van der Waals surface area contributed by atoms with E-state index in [2.05, 4.69) is 9.97 Å². The Hall–Kier alpha value is -1.69. The van der Waals surface area contributed by atoms with Crippen LogP contribution in [-0.2, 0) is 4.79 Å². The fourth-order valence-corrected chi connectivity index (χ4v) is 1.26. The minimum atomic E-state index is -0.960. The van der Waals surface area contributed by atoms with Gasteiger partial charge in [-0.25, -0.2) is 9.97 Å². The molecule has 0 aliphatic rings. The number of carboxylic acids is 1. The van der Waals surface area contributed by atoms with Crippen molar-refractivity contribution in [3.8, 4) is 0 Å². The summed E-state index contributed by atoms with van der Waals surface area (Å²) in [5, 5.41) is 8.60. The van der Waals surface area contributed by atoms with E-state index in [4.69, 9.17) is 10.8 Å². The Bertz CT molecular complexity index is 331. The smallest absolute Gasteiger partial charge is 0.320 e. The molecule has 3 N–H and O–H groups in total. The fraction of sp³-hybridized carbons (Fsp3) is 0.500. The lowest BCUT2D eigenvalue weighted by Gasteiger charge is -2.16. The second-order valence-corrected chi connectivity index (χ2v) is 3.56. The van der Waals surface area contributed by atoms with Gasteiger partial charge in [0.2, 0.25) is 5.95 Å². The lowest BCUT2D eigenvalue weighted by molar-refractivity contribution is -0.138. The van der Waals surface area contributed by atoms with Crippen molar-refractivity contribution in [1.29, 1.82) is 0 Å². The first-order valence-electron chi connectivity index (χ1n) is 5.08. The van der Waals surface area contributed by atoms with Crippen molar-refractivity contribution >= 4 is 11.9 Å². The van der Waals surface area contributed by atoms with Gasteiger partial charge in [0.1, 0.15) is 6.04 Å². The highest BCUT2D eigenvalue weighted by atomic mass is 16.4. The molecule has 1 rings (SSSR count). The van der Waals surface area contributed by atoms with Crippen LogP contribution in [0.3, 0.4) is 0 Å². The zero-order chi connectivity index (χ0) is 12.0. The molecular formula is C10H16N4O2. The van der Waals surface area contributed by atoms with Crippen LogP contribution in [0.1, 0.15) is 12.8 Å². The number of anilines is 1. The first kappa shape index (κ1) is 12.4. The highest BCUT2D eigenvalue weighted by Crippen LogP contribution is 2.04. The van der Waals surface area contributed by atoms with Gasteiger partial charge in [0.15, 0.2) is 0 Å². The van der Waals surface area contributed by atoms with Gasteiger partial charge >= 0.3 is 5.97 Å². The van der Waals surface area contributed by atoms with Gasteiger partial charge in [-0.1, -0.05) is 0 Å². The molecule has 0 amide bonds. The van der Waals surface area contributed by atoms with E-state index in [1.807, 2.05) is 11.9 Å². The average Bonchev–Trinajstić information content (AvgIpc) is 2.29. The Morgan fingerprint density at radius 2 is 2.19 bits per heavy atom. The Balaban J connectivity index is 2.31. The van der Waals surface area contributed by atoms with Gasteiger partial charge in [-0.3, -0.25) is 4.79 Å². The predicted molar refractivity (Wildman–Crippen MR) is 60.1 cm³/mol. The second kappa shape index (κ2) is 6.02. The fourth-order valence-electron chi connectivity index (χ4n) is 1.26. The van der Waals surface area contributed by atoms with Crippen LogP contribution in [0.4, 0.5) is 5.95 Å². The summed E-state index contributed by atoms with van der Waals surface area (Å²) < 4.78 is 0. The summed E-state index contributed by atoms with van der Waals surface area (Å²) in [7, 11) is 1.86. The van der Waals surface area contributed by atoms with E-state index in [1.165, 1.54) is 0 Å². The summed E-state index contributed by atoms with van der Waals surface area (Å²) in [6.07, 6.45) is 4.48. The molecule has 1 aromatic rings. The molecule has 0 fully saturated rings. The molecular weight excluding hydrogens is 208 g/mol. The van der Waals surface area contributed by atoms with Crippen molar-refractivity contribution in [3.63, 3.8) is 0 Å². The Labute approximate surface area is 94.1 Å². The van der Waals surface area contributed by atoms with E-state index < -0.39 is 12.0 Å². The van der Waals surface area contributed by atoms with Gasteiger partial charge in [-0.15, -0.1) is 0 Å². The molecule has 0 radical (unpaired) electrons. The summed E-state index contributed by atoms with van der Waals surface area (Å²) in [6, 6.07) is 0.961. The van der Waals surface area contributed by atoms with Crippen LogP contribution in [0.25, 0.3) is 0 Å². The summed E-state index contributed by atoms with van der Waals surface area (Å²) in [6.45, 7) is 0.686. The van der Waals surface area contributed by atoms with E-state index in [0.717, 1.165) is 0 Å². The Morgan fingerprint density at radius 3 is 2.75 bits per heavy atom. The summed E-state index contributed by atoms with van der Waals surface area (Å²) >= 11 is 0. The predicted octanol–water partition coefficient (Wildman–Crippen LogP) is 0.105. The van der Waals surface area contributed by atoms with Crippen molar-refractivity contribution < 1.29 is 9.90 Å². The summed E-state index contributed by atoms with van der Waals surface area (Å²) in [5.41, 5.74) is 5.39. The van der Waals surface area contributed by atoms with Crippen LogP contribution < -0.4 is 10.6 Å². The molecule has 6 nitrogen and oxygen atoms in total. The number of rotatable bonds is 6. The van der Waals surface area contributed by atoms with E-state index in [9.17, 15) is 4.79 Å². The maximum atomic E-state index is 10.5. The number of carboxylic acid groups (broad SMARTS) is 1. The Kier molecular flexibility index (Phi) is 4.65. The lowest BCUT2D eigenvalue weighted by atomic mass is 10.1. The van der Waals surface area contributed by atoms with Crippen molar-refractivity contribution in [2.45, 2.75) is 18.9 Å². The molecule has 0 spiro atoms. The van der Waals surface area contributed by atoms with Crippen LogP contribution in [0, 0.1) is 0 Å². The molecule has 16 heavy (non-hydrogen) atoms.